The number of aryl methyl sites for hydroxylation is 1. The Balaban J connectivity index is 1.89. The van der Waals surface area contributed by atoms with E-state index < -0.39 is 0 Å². The summed E-state index contributed by atoms with van der Waals surface area (Å²) < 4.78 is 5.30. The Morgan fingerprint density at radius 2 is 1.84 bits per heavy atom. The van der Waals surface area contributed by atoms with E-state index in [0.717, 1.165) is 12.8 Å². The van der Waals surface area contributed by atoms with Gasteiger partial charge < -0.3 is 4.74 Å². The lowest BCUT2D eigenvalue weighted by Gasteiger charge is -2.19. The minimum Gasteiger partial charge on any atom is -0.450 e. The molecule has 19 heavy (non-hydrogen) atoms. The molecule has 0 spiro atoms. The largest absolute Gasteiger partial charge is 0.450 e. The van der Waals surface area contributed by atoms with E-state index in [4.69, 9.17) is 4.74 Å². The predicted molar refractivity (Wildman–Crippen MR) is 80.4 cm³/mol. The second kappa shape index (κ2) is 5.58. The quantitative estimate of drug-likeness (QED) is 0.784. The van der Waals surface area contributed by atoms with Crippen molar-refractivity contribution in [3.8, 4) is 0 Å². The summed E-state index contributed by atoms with van der Waals surface area (Å²) in [6.45, 7) is 8.57. The molecule has 0 N–H and O–H groups in total. The minimum absolute atomic E-state index is 0.00623. The van der Waals surface area contributed by atoms with Crippen LogP contribution in [0, 0.1) is 0 Å². The monoisotopic (exact) mass is 278 g/mol. The van der Waals surface area contributed by atoms with Crippen molar-refractivity contribution in [3.63, 3.8) is 0 Å². The summed E-state index contributed by atoms with van der Waals surface area (Å²) in [5.74, 6) is -0.0712. The number of benzene rings is 1. The summed E-state index contributed by atoms with van der Waals surface area (Å²) in [6, 6.07) is 8.77. The fraction of sp³-hybridized carbons (Fsp3) is 0.562. The van der Waals surface area contributed by atoms with Crippen LogP contribution in [0.25, 0.3) is 0 Å². The van der Waals surface area contributed by atoms with Crippen molar-refractivity contribution >= 4 is 17.7 Å². The number of rotatable bonds is 3. The van der Waals surface area contributed by atoms with Crippen molar-refractivity contribution in [2.45, 2.75) is 56.6 Å². The molecule has 0 radical (unpaired) electrons. The second-order valence-corrected chi connectivity index (χ2v) is 7.64. The van der Waals surface area contributed by atoms with Crippen molar-refractivity contribution in [3.05, 3.63) is 35.4 Å². The van der Waals surface area contributed by atoms with Gasteiger partial charge in [-0.15, -0.1) is 11.8 Å². The van der Waals surface area contributed by atoms with Crippen LogP contribution in [-0.2, 0) is 21.4 Å². The Bertz CT molecular complexity index is 445. The van der Waals surface area contributed by atoms with Crippen LogP contribution >= 0.6 is 11.8 Å². The van der Waals surface area contributed by atoms with Gasteiger partial charge in [0.1, 0.15) is 10.7 Å². The van der Waals surface area contributed by atoms with Crippen molar-refractivity contribution in [2.24, 2.45) is 0 Å². The third-order valence-electron chi connectivity index (χ3n) is 3.42. The smallest absolute Gasteiger partial charge is 0.320 e. The average molecular weight is 278 g/mol. The minimum atomic E-state index is -0.0712. The number of thioether (sulfide) groups is 1. The second-order valence-electron chi connectivity index (χ2n) is 6.13. The lowest BCUT2D eigenvalue weighted by Crippen LogP contribution is -2.11. The Kier molecular flexibility index (Phi) is 4.24. The summed E-state index contributed by atoms with van der Waals surface area (Å²) >= 11 is 1.63. The van der Waals surface area contributed by atoms with E-state index in [9.17, 15) is 4.79 Å². The van der Waals surface area contributed by atoms with E-state index in [0.29, 0.717) is 0 Å². The van der Waals surface area contributed by atoms with Crippen LogP contribution in [0.2, 0.25) is 0 Å². The van der Waals surface area contributed by atoms with Gasteiger partial charge in [-0.25, -0.2) is 0 Å². The maximum absolute atomic E-state index is 11.3. The summed E-state index contributed by atoms with van der Waals surface area (Å²) in [5.41, 5.74) is 2.89. The van der Waals surface area contributed by atoms with Gasteiger partial charge in [-0.05, 0) is 36.3 Å². The predicted octanol–water partition coefficient (Wildman–Crippen LogP) is 3.92. The molecule has 2 atom stereocenters. The van der Waals surface area contributed by atoms with Gasteiger partial charge in [0.05, 0.1) is 0 Å². The molecule has 1 aliphatic rings. The molecule has 0 aliphatic carbocycles. The first-order valence-corrected chi connectivity index (χ1v) is 7.76. The number of hydrogen-bond donors (Lipinski definition) is 0. The molecular weight excluding hydrogens is 256 g/mol. The van der Waals surface area contributed by atoms with Gasteiger partial charge in [-0.2, -0.15) is 0 Å². The van der Waals surface area contributed by atoms with Gasteiger partial charge >= 0.3 is 5.97 Å². The number of cyclic esters (lactones) is 1. The molecule has 2 nitrogen and oxygen atoms in total. The van der Waals surface area contributed by atoms with Crippen LogP contribution in [-0.4, -0.2) is 16.7 Å². The SMILES string of the molecule is CC1SC(CCc2ccc(C(C)(C)C)cc2)OC1=O. The van der Waals surface area contributed by atoms with E-state index >= 15 is 0 Å². The van der Waals surface area contributed by atoms with Crippen LogP contribution in [0.1, 0.15) is 45.2 Å². The first-order valence-electron chi connectivity index (χ1n) is 6.81. The van der Waals surface area contributed by atoms with Gasteiger partial charge in [0, 0.05) is 0 Å². The van der Waals surface area contributed by atoms with Crippen LogP contribution in [0.3, 0.4) is 0 Å². The van der Waals surface area contributed by atoms with E-state index in [1.165, 1.54) is 11.1 Å². The fourth-order valence-corrected chi connectivity index (χ4v) is 3.15. The maximum Gasteiger partial charge on any atom is 0.320 e. The first-order chi connectivity index (χ1) is 8.86. The zero-order valence-electron chi connectivity index (χ0n) is 12.1. The van der Waals surface area contributed by atoms with Crippen molar-refractivity contribution in [1.82, 2.24) is 0 Å². The Hall–Kier alpha value is -0.960. The molecular formula is C16H22O2S. The normalized spacial score (nSPS) is 23.5. The molecule has 1 saturated heterocycles. The van der Waals surface area contributed by atoms with Crippen LogP contribution in [0.4, 0.5) is 0 Å². The standard InChI is InChI=1S/C16H22O2S/c1-11-15(17)18-14(19-11)10-7-12-5-8-13(9-6-12)16(2,3)4/h5-6,8-9,11,14H,7,10H2,1-4H3. The lowest BCUT2D eigenvalue weighted by molar-refractivity contribution is -0.142. The van der Waals surface area contributed by atoms with E-state index in [2.05, 4.69) is 45.0 Å². The van der Waals surface area contributed by atoms with Gasteiger partial charge in [-0.3, -0.25) is 4.79 Å². The average Bonchev–Trinajstić information content (AvgIpc) is 2.66. The van der Waals surface area contributed by atoms with Crippen LogP contribution in [0.15, 0.2) is 24.3 Å². The van der Waals surface area contributed by atoms with Gasteiger partial charge in [0.25, 0.3) is 0 Å². The Morgan fingerprint density at radius 1 is 1.21 bits per heavy atom. The van der Waals surface area contributed by atoms with E-state index in [-0.39, 0.29) is 22.1 Å². The van der Waals surface area contributed by atoms with E-state index in [1.54, 1.807) is 11.8 Å². The highest BCUT2D eigenvalue weighted by molar-refractivity contribution is 8.01. The molecule has 1 heterocycles. The number of carbonyl (C=O) groups is 1. The molecule has 1 fully saturated rings. The summed E-state index contributed by atoms with van der Waals surface area (Å²) in [6.07, 6.45) is 1.86. The highest BCUT2D eigenvalue weighted by Gasteiger charge is 2.31. The molecule has 1 aliphatic heterocycles. The van der Waals surface area contributed by atoms with Crippen LogP contribution < -0.4 is 0 Å². The van der Waals surface area contributed by atoms with Crippen LogP contribution in [0.5, 0.6) is 0 Å². The molecule has 0 saturated carbocycles. The van der Waals surface area contributed by atoms with Gasteiger partial charge in [0.2, 0.25) is 0 Å². The van der Waals surface area contributed by atoms with Gasteiger partial charge in [0.15, 0.2) is 0 Å². The van der Waals surface area contributed by atoms with E-state index in [1.807, 2.05) is 6.92 Å². The molecule has 2 rings (SSSR count). The highest BCUT2D eigenvalue weighted by Crippen LogP contribution is 2.31. The number of esters is 1. The molecule has 104 valence electrons. The number of ether oxygens (including phenoxy) is 1. The zero-order chi connectivity index (χ0) is 14.0. The molecule has 0 bridgehead atoms. The van der Waals surface area contributed by atoms with Crippen molar-refractivity contribution in [2.75, 3.05) is 0 Å². The molecule has 1 aromatic rings. The molecule has 0 aromatic heterocycles. The molecule has 2 unspecified atom stereocenters. The molecule has 0 amide bonds. The fourth-order valence-electron chi connectivity index (χ4n) is 2.12. The summed E-state index contributed by atoms with van der Waals surface area (Å²) in [4.78, 5) is 11.3. The third-order valence-corrected chi connectivity index (χ3v) is 4.66. The zero-order valence-corrected chi connectivity index (χ0v) is 12.9. The van der Waals surface area contributed by atoms with Gasteiger partial charge in [-0.1, -0.05) is 45.0 Å². The Labute approximate surface area is 119 Å². The topological polar surface area (TPSA) is 26.3 Å². The van der Waals surface area contributed by atoms with Crippen molar-refractivity contribution < 1.29 is 9.53 Å². The number of hydrogen-bond acceptors (Lipinski definition) is 3. The molecule has 1 aromatic carbocycles. The van der Waals surface area contributed by atoms with Crippen molar-refractivity contribution in [1.29, 1.82) is 0 Å². The number of carbonyl (C=O) groups excluding carboxylic acids is 1. The highest BCUT2D eigenvalue weighted by atomic mass is 32.2. The third kappa shape index (κ3) is 3.75. The Morgan fingerprint density at radius 3 is 2.32 bits per heavy atom. The maximum atomic E-state index is 11.3. The summed E-state index contributed by atoms with van der Waals surface area (Å²) in [5, 5.41) is -0.00623. The lowest BCUT2D eigenvalue weighted by atomic mass is 9.86. The first kappa shape index (κ1) is 14.4. The molecule has 3 heteroatoms. The summed E-state index contributed by atoms with van der Waals surface area (Å²) in [7, 11) is 0.